The number of aliphatic hydroxyl groups excluding tert-OH is 1. The van der Waals surface area contributed by atoms with Crippen LogP contribution in [-0.2, 0) is 20.5 Å². The summed E-state index contributed by atoms with van der Waals surface area (Å²) < 4.78 is 10.2. The van der Waals surface area contributed by atoms with E-state index in [1.165, 1.54) is 16.7 Å². The van der Waals surface area contributed by atoms with Gasteiger partial charge in [-0.2, -0.15) is 0 Å². The minimum Gasteiger partial charge on any atom is -0.393 e. The van der Waals surface area contributed by atoms with Gasteiger partial charge in [-0.15, -0.1) is 11.8 Å². The quantitative estimate of drug-likeness (QED) is 0.395. The highest BCUT2D eigenvalue weighted by Gasteiger charge is 2.60. The van der Waals surface area contributed by atoms with Crippen LogP contribution in [0.2, 0.25) is 0 Å². The molecule has 1 fully saturated rings. The third kappa shape index (κ3) is 3.55. The fourth-order valence-corrected chi connectivity index (χ4v) is 5.55. The van der Waals surface area contributed by atoms with Gasteiger partial charge in [0.2, 0.25) is 14.5 Å². The van der Waals surface area contributed by atoms with E-state index in [9.17, 15) is 14.7 Å². The van der Waals surface area contributed by atoms with Gasteiger partial charge in [0, 0.05) is 41.6 Å². The van der Waals surface area contributed by atoms with Crippen LogP contribution in [-0.4, -0.2) is 62.1 Å². The van der Waals surface area contributed by atoms with Gasteiger partial charge in [0.25, 0.3) is 7.98 Å². The van der Waals surface area contributed by atoms with Crippen LogP contribution in [0, 0.1) is 11.8 Å². The average Bonchev–Trinajstić information content (AvgIpc) is 3.23. The molecular weight excluding hydrogens is 424 g/mol. The van der Waals surface area contributed by atoms with Crippen molar-refractivity contribution in [1.82, 2.24) is 19.3 Å². The van der Waals surface area contributed by atoms with Crippen LogP contribution < -0.4 is 0 Å². The summed E-state index contributed by atoms with van der Waals surface area (Å²) in [5, 5.41) is 10.0. The molecule has 4 heterocycles. The predicted octanol–water partition coefficient (Wildman–Crippen LogP) is 1.75. The molecule has 4 atom stereocenters. The number of aliphatic hydroxyl groups is 1. The Bertz CT molecular complexity index is 1030. The van der Waals surface area contributed by atoms with E-state index < -0.39 is 18.0 Å². The number of thioether (sulfide) groups is 1. The predicted molar refractivity (Wildman–Crippen MR) is 112 cm³/mol. The zero-order chi connectivity index (χ0) is 21.4. The average molecular weight is 443 g/mol. The third-order valence-corrected chi connectivity index (χ3v) is 7.03. The first kappa shape index (κ1) is 21.0. The third-order valence-electron chi connectivity index (χ3n) is 5.40. The molecule has 0 saturated carbocycles. The lowest BCUT2D eigenvalue weighted by molar-refractivity contribution is -0.162. The SMILES string of the molecule is [B]N=POC(=O)C1=C(SCCc2cn3ccncc3n2)[C@H](C)C2C(C(C)O)C(=O)N12. The number of hydrogen-bond donors (Lipinski definition) is 1. The second-order valence-corrected chi connectivity index (χ2v) is 8.93. The van der Waals surface area contributed by atoms with Crippen molar-refractivity contribution in [2.45, 2.75) is 32.4 Å². The summed E-state index contributed by atoms with van der Waals surface area (Å²) in [7, 11) is 5.03. The number of nitrogens with zero attached hydrogens (tertiary/aromatic N) is 5. The molecule has 9 nitrogen and oxygen atoms in total. The van der Waals surface area contributed by atoms with Crippen LogP contribution >= 0.6 is 20.4 Å². The number of hydrogen-bond acceptors (Lipinski definition) is 8. The molecule has 4 rings (SSSR count). The van der Waals surface area contributed by atoms with Crippen molar-refractivity contribution >= 4 is 45.9 Å². The Labute approximate surface area is 180 Å². The van der Waals surface area contributed by atoms with Crippen molar-refractivity contribution in [3.05, 3.63) is 41.1 Å². The van der Waals surface area contributed by atoms with Crippen molar-refractivity contribution in [3.63, 3.8) is 0 Å². The van der Waals surface area contributed by atoms with E-state index >= 15 is 0 Å². The maximum atomic E-state index is 12.6. The molecule has 1 saturated heterocycles. The highest BCUT2D eigenvalue weighted by Crippen LogP contribution is 2.50. The number of carbonyl (C=O) groups is 2. The first-order valence-electron chi connectivity index (χ1n) is 9.41. The molecule has 1 N–H and O–H groups in total. The number of carbonyl (C=O) groups excluding carboxylic acids is 2. The second kappa shape index (κ2) is 8.49. The van der Waals surface area contributed by atoms with E-state index in [4.69, 9.17) is 12.5 Å². The standard InChI is InChI=1S/C18H19BN5O4PS/c1-9-14-13(10(2)25)17(26)24(14)15(18(27)28-29-22-19)16(9)30-6-3-11-8-23-5-4-20-7-12(23)21-11/h4-5,7-10,13-14,25H,3,6H2,1-2H3/t9-,10?,13?,14?/m1/s1. The molecule has 1 amide bonds. The van der Waals surface area contributed by atoms with Gasteiger partial charge in [0.1, 0.15) is 5.70 Å². The summed E-state index contributed by atoms with van der Waals surface area (Å²) in [4.78, 5) is 36.1. The number of aryl methyl sites for hydroxylation is 1. The van der Waals surface area contributed by atoms with Gasteiger partial charge in [0.05, 0.1) is 30.0 Å². The summed E-state index contributed by atoms with van der Waals surface area (Å²) in [6.45, 7) is 3.56. The van der Waals surface area contributed by atoms with E-state index in [1.54, 1.807) is 19.3 Å². The topological polar surface area (TPSA) is 109 Å². The molecule has 3 unspecified atom stereocenters. The Balaban J connectivity index is 1.54. The molecule has 2 aromatic rings. The van der Waals surface area contributed by atoms with Crippen molar-refractivity contribution < 1.29 is 19.2 Å². The summed E-state index contributed by atoms with van der Waals surface area (Å²) >= 11 is 1.50. The Kier molecular flexibility index (Phi) is 5.95. The summed E-state index contributed by atoms with van der Waals surface area (Å²) in [5.41, 5.74) is 1.91. The molecule has 0 aliphatic carbocycles. The van der Waals surface area contributed by atoms with E-state index in [1.807, 2.05) is 23.7 Å². The first-order chi connectivity index (χ1) is 14.4. The maximum Gasteiger partial charge on any atom is 0.365 e. The van der Waals surface area contributed by atoms with Crippen LogP contribution in [0.4, 0.5) is 0 Å². The number of imidazole rings is 1. The van der Waals surface area contributed by atoms with Gasteiger partial charge in [-0.05, 0) is 6.92 Å². The largest absolute Gasteiger partial charge is 0.393 e. The molecule has 0 bridgehead atoms. The lowest BCUT2D eigenvalue weighted by Gasteiger charge is -2.46. The second-order valence-electron chi connectivity index (χ2n) is 7.22. The number of amides is 1. The molecule has 30 heavy (non-hydrogen) atoms. The first-order valence-corrected chi connectivity index (χ1v) is 11.2. The lowest BCUT2D eigenvalue weighted by atomic mass is 9.79. The van der Waals surface area contributed by atoms with Crippen LogP contribution in [0.3, 0.4) is 0 Å². The van der Waals surface area contributed by atoms with Crippen molar-refractivity contribution in [2.75, 3.05) is 5.75 Å². The number of rotatable bonds is 7. The summed E-state index contributed by atoms with van der Waals surface area (Å²) in [5.74, 6) is -0.853. The fourth-order valence-electron chi connectivity index (χ4n) is 4.09. The molecular formula is C18H19BN5O4PS. The van der Waals surface area contributed by atoms with Gasteiger partial charge in [-0.1, -0.05) is 6.92 Å². The molecule has 0 spiro atoms. The number of aromatic nitrogens is 3. The van der Waals surface area contributed by atoms with E-state index in [0.717, 1.165) is 16.2 Å². The Morgan fingerprint density at radius 1 is 1.53 bits per heavy atom. The van der Waals surface area contributed by atoms with Crippen LogP contribution in [0.25, 0.3) is 5.65 Å². The molecule has 2 aromatic heterocycles. The molecule has 12 heteroatoms. The minimum atomic E-state index is -0.786. The Morgan fingerprint density at radius 2 is 2.33 bits per heavy atom. The molecule has 2 aliphatic rings. The maximum absolute atomic E-state index is 12.6. The molecule has 2 aliphatic heterocycles. The van der Waals surface area contributed by atoms with Crippen molar-refractivity contribution in [1.29, 1.82) is 0 Å². The monoisotopic (exact) mass is 443 g/mol. The minimum absolute atomic E-state index is 0.0312. The zero-order valence-corrected chi connectivity index (χ0v) is 18.1. The van der Waals surface area contributed by atoms with Crippen LogP contribution in [0.15, 0.2) is 40.0 Å². The van der Waals surface area contributed by atoms with Gasteiger partial charge >= 0.3 is 5.97 Å². The highest BCUT2D eigenvalue weighted by atomic mass is 32.2. The van der Waals surface area contributed by atoms with Crippen LogP contribution in [0.5, 0.6) is 0 Å². The van der Waals surface area contributed by atoms with Gasteiger partial charge in [-0.25, -0.2) is 9.78 Å². The lowest BCUT2D eigenvalue weighted by Crippen LogP contribution is -2.63. The van der Waals surface area contributed by atoms with E-state index in [-0.39, 0.29) is 32.2 Å². The molecule has 0 aromatic carbocycles. The van der Waals surface area contributed by atoms with Crippen molar-refractivity contribution in [3.8, 4) is 0 Å². The normalized spacial score (nSPS) is 24.4. The number of β-lactam (4-membered cyclic amide) rings is 1. The molecule has 2 radical (unpaired) electrons. The van der Waals surface area contributed by atoms with E-state index in [0.29, 0.717) is 12.2 Å². The van der Waals surface area contributed by atoms with Gasteiger partial charge < -0.3 is 23.6 Å². The van der Waals surface area contributed by atoms with Gasteiger partial charge in [0.15, 0.2) is 5.65 Å². The molecule has 154 valence electrons. The van der Waals surface area contributed by atoms with E-state index in [2.05, 4.69) is 14.6 Å². The van der Waals surface area contributed by atoms with Crippen LogP contribution in [0.1, 0.15) is 19.5 Å². The fraction of sp³-hybridized carbons (Fsp3) is 0.444. The van der Waals surface area contributed by atoms with Gasteiger partial charge in [-0.3, -0.25) is 9.78 Å². The smallest absolute Gasteiger partial charge is 0.365 e. The zero-order valence-electron chi connectivity index (χ0n) is 16.4. The summed E-state index contributed by atoms with van der Waals surface area (Å²) in [6.07, 6.45) is 7.07. The Hall–Kier alpha value is -2.23. The highest BCUT2D eigenvalue weighted by molar-refractivity contribution is 8.03. The Morgan fingerprint density at radius 3 is 3.03 bits per heavy atom. The number of fused-ring (bicyclic) bond motifs is 2. The summed E-state index contributed by atoms with van der Waals surface area (Å²) in [6, 6.07) is -0.254. The van der Waals surface area contributed by atoms with Crippen molar-refractivity contribution in [2.24, 2.45) is 16.5 Å².